The Morgan fingerprint density at radius 3 is 1.77 bits per heavy atom. The zero-order chi connectivity index (χ0) is 15.2. The van der Waals surface area contributed by atoms with Gasteiger partial charge in [0, 0.05) is 16.9 Å². The van der Waals surface area contributed by atoms with Gasteiger partial charge in [-0.05, 0) is 38.1 Å². The van der Waals surface area contributed by atoms with Gasteiger partial charge in [0.1, 0.15) is 0 Å². The lowest BCUT2D eigenvalue weighted by molar-refractivity contribution is -0.143. The van der Waals surface area contributed by atoms with E-state index in [-0.39, 0.29) is 18.4 Å². The zero-order valence-electron chi connectivity index (χ0n) is 12.7. The molecule has 0 spiro atoms. The number of hydrogen-bond acceptors (Lipinski definition) is 3. The van der Waals surface area contributed by atoms with E-state index in [1.807, 2.05) is 72.5 Å². The monoisotopic (exact) mass is 317 g/mol. The third-order valence-corrected chi connectivity index (χ3v) is 3.06. The SMILES string of the molecule is C=C(C)C(=O)OC(C)N(c1ccccc1)c1ccccc1.Cl. The quantitative estimate of drug-likeness (QED) is 0.454. The molecule has 0 bridgehead atoms. The number of para-hydroxylation sites is 2. The Labute approximate surface area is 137 Å². The highest BCUT2D eigenvalue weighted by Gasteiger charge is 2.20. The van der Waals surface area contributed by atoms with Crippen LogP contribution in [-0.2, 0) is 9.53 Å². The molecule has 0 aliphatic heterocycles. The largest absolute Gasteiger partial charge is 0.438 e. The highest BCUT2D eigenvalue weighted by Crippen LogP contribution is 2.28. The Morgan fingerprint density at radius 1 is 1.00 bits per heavy atom. The van der Waals surface area contributed by atoms with Crippen LogP contribution in [0.15, 0.2) is 72.8 Å². The lowest BCUT2D eigenvalue weighted by Crippen LogP contribution is -2.33. The maximum Gasteiger partial charge on any atom is 0.335 e. The van der Waals surface area contributed by atoms with Crippen LogP contribution in [0.1, 0.15) is 13.8 Å². The van der Waals surface area contributed by atoms with Gasteiger partial charge in [0.15, 0.2) is 6.23 Å². The fourth-order valence-corrected chi connectivity index (χ4v) is 2.05. The van der Waals surface area contributed by atoms with Gasteiger partial charge in [-0.25, -0.2) is 4.79 Å². The number of esters is 1. The first-order valence-corrected chi connectivity index (χ1v) is 6.85. The van der Waals surface area contributed by atoms with E-state index in [4.69, 9.17) is 4.74 Å². The molecule has 0 saturated carbocycles. The molecule has 0 aliphatic rings. The second-order valence-corrected chi connectivity index (χ2v) is 4.83. The van der Waals surface area contributed by atoms with Crippen molar-refractivity contribution in [3.05, 3.63) is 72.8 Å². The van der Waals surface area contributed by atoms with Gasteiger partial charge < -0.3 is 9.64 Å². The minimum Gasteiger partial charge on any atom is -0.438 e. The maximum atomic E-state index is 11.8. The molecule has 1 atom stereocenters. The van der Waals surface area contributed by atoms with Gasteiger partial charge in [0.2, 0.25) is 0 Å². The molecule has 2 rings (SSSR count). The van der Waals surface area contributed by atoms with E-state index in [1.165, 1.54) is 0 Å². The molecule has 22 heavy (non-hydrogen) atoms. The van der Waals surface area contributed by atoms with Crippen molar-refractivity contribution < 1.29 is 9.53 Å². The van der Waals surface area contributed by atoms with Crippen molar-refractivity contribution in [2.75, 3.05) is 4.90 Å². The molecule has 2 aromatic rings. The number of anilines is 2. The summed E-state index contributed by atoms with van der Waals surface area (Å²) in [5.74, 6) is -0.389. The minimum atomic E-state index is -0.431. The smallest absolute Gasteiger partial charge is 0.335 e. The second kappa shape index (κ2) is 8.25. The molecule has 3 nitrogen and oxygen atoms in total. The third-order valence-electron chi connectivity index (χ3n) is 3.06. The first-order chi connectivity index (χ1) is 10.1. The van der Waals surface area contributed by atoms with E-state index in [1.54, 1.807) is 6.92 Å². The first-order valence-electron chi connectivity index (χ1n) is 6.85. The average Bonchev–Trinajstić information content (AvgIpc) is 2.49. The Kier molecular flexibility index (Phi) is 6.67. The molecule has 2 aromatic carbocycles. The van der Waals surface area contributed by atoms with Gasteiger partial charge in [-0.3, -0.25) is 0 Å². The molecule has 0 N–H and O–H groups in total. The lowest BCUT2D eigenvalue weighted by atomic mass is 10.2. The van der Waals surface area contributed by atoms with Crippen LogP contribution in [0, 0.1) is 0 Å². The van der Waals surface area contributed by atoms with Crippen molar-refractivity contribution in [3.8, 4) is 0 Å². The van der Waals surface area contributed by atoms with E-state index in [0.29, 0.717) is 5.57 Å². The Morgan fingerprint density at radius 2 is 1.41 bits per heavy atom. The molecule has 4 heteroatoms. The minimum absolute atomic E-state index is 0. The van der Waals surface area contributed by atoms with Gasteiger partial charge >= 0.3 is 5.97 Å². The van der Waals surface area contributed by atoms with Crippen molar-refractivity contribution in [2.45, 2.75) is 20.1 Å². The summed E-state index contributed by atoms with van der Waals surface area (Å²) in [6, 6.07) is 19.7. The van der Waals surface area contributed by atoms with Crippen LogP contribution in [0.25, 0.3) is 0 Å². The van der Waals surface area contributed by atoms with Gasteiger partial charge in [0.25, 0.3) is 0 Å². The number of carbonyl (C=O) groups excluding carboxylic acids is 1. The topological polar surface area (TPSA) is 29.5 Å². The van der Waals surface area contributed by atoms with Crippen LogP contribution in [-0.4, -0.2) is 12.2 Å². The summed E-state index contributed by atoms with van der Waals surface area (Å²) in [6.45, 7) is 7.11. The van der Waals surface area contributed by atoms with Crippen molar-refractivity contribution in [1.29, 1.82) is 0 Å². The highest BCUT2D eigenvalue weighted by molar-refractivity contribution is 5.87. The molecule has 0 saturated heterocycles. The summed E-state index contributed by atoms with van der Waals surface area (Å²) in [5, 5.41) is 0. The summed E-state index contributed by atoms with van der Waals surface area (Å²) in [7, 11) is 0. The number of carbonyl (C=O) groups is 1. The number of halogens is 1. The average molecular weight is 318 g/mol. The van der Waals surface area contributed by atoms with Gasteiger partial charge in [-0.2, -0.15) is 0 Å². The fourth-order valence-electron chi connectivity index (χ4n) is 2.05. The lowest BCUT2D eigenvalue weighted by Gasteiger charge is -2.30. The van der Waals surface area contributed by atoms with Gasteiger partial charge in [0.05, 0.1) is 0 Å². The Hall–Kier alpha value is -2.26. The summed E-state index contributed by atoms with van der Waals surface area (Å²) in [6.07, 6.45) is -0.431. The van der Waals surface area contributed by atoms with E-state index in [0.717, 1.165) is 11.4 Å². The standard InChI is InChI=1S/C18H19NO2.ClH/c1-14(2)18(20)21-15(3)19(16-10-6-4-7-11-16)17-12-8-5-9-13-17;/h4-13,15H,1H2,2-3H3;1H. The van der Waals surface area contributed by atoms with E-state index >= 15 is 0 Å². The van der Waals surface area contributed by atoms with Crippen LogP contribution >= 0.6 is 12.4 Å². The van der Waals surface area contributed by atoms with E-state index < -0.39 is 6.23 Å². The number of ether oxygens (including phenoxy) is 1. The molecule has 0 fully saturated rings. The number of rotatable bonds is 5. The Bertz CT molecular complexity index is 574. The summed E-state index contributed by atoms with van der Waals surface area (Å²) >= 11 is 0. The molecule has 116 valence electrons. The summed E-state index contributed by atoms with van der Waals surface area (Å²) in [4.78, 5) is 13.7. The highest BCUT2D eigenvalue weighted by atomic mass is 35.5. The normalized spacial score (nSPS) is 11.0. The van der Waals surface area contributed by atoms with Crippen LogP contribution < -0.4 is 4.90 Å². The molecule has 0 heterocycles. The number of benzene rings is 2. The Balaban J connectivity index is 0.00000242. The molecular formula is C18H20ClNO2. The van der Waals surface area contributed by atoms with Crippen LogP contribution in [0.3, 0.4) is 0 Å². The second-order valence-electron chi connectivity index (χ2n) is 4.83. The van der Waals surface area contributed by atoms with Crippen LogP contribution in [0.5, 0.6) is 0 Å². The third kappa shape index (κ3) is 4.37. The van der Waals surface area contributed by atoms with E-state index in [2.05, 4.69) is 6.58 Å². The summed E-state index contributed by atoms with van der Waals surface area (Å²) in [5.41, 5.74) is 2.32. The molecular weight excluding hydrogens is 298 g/mol. The van der Waals surface area contributed by atoms with Crippen LogP contribution in [0.2, 0.25) is 0 Å². The van der Waals surface area contributed by atoms with Crippen LogP contribution in [0.4, 0.5) is 11.4 Å². The van der Waals surface area contributed by atoms with Gasteiger partial charge in [-0.1, -0.05) is 43.0 Å². The number of hydrogen-bond donors (Lipinski definition) is 0. The predicted molar refractivity (Wildman–Crippen MR) is 92.6 cm³/mol. The predicted octanol–water partition coefficient (Wildman–Crippen LogP) is 4.71. The molecule has 0 aromatic heterocycles. The first kappa shape index (κ1) is 17.8. The molecule has 0 radical (unpaired) electrons. The van der Waals surface area contributed by atoms with Crippen molar-refractivity contribution in [2.24, 2.45) is 0 Å². The molecule has 1 unspecified atom stereocenters. The van der Waals surface area contributed by atoms with Gasteiger partial charge in [-0.15, -0.1) is 12.4 Å². The van der Waals surface area contributed by atoms with E-state index in [9.17, 15) is 4.79 Å². The maximum absolute atomic E-state index is 11.8. The van der Waals surface area contributed by atoms with Crippen molar-refractivity contribution in [1.82, 2.24) is 0 Å². The molecule has 0 aliphatic carbocycles. The van der Waals surface area contributed by atoms with Crippen molar-refractivity contribution >= 4 is 29.8 Å². The zero-order valence-corrected chi connectivity index (χ0v) is 13.5. The molecule has 0 amide bonds. The summed E-state index contributed by atoms with van der Waals surface area (Å²) < 4.78 is 5.47. The fraction of sp³-hybridized carbons (Fsp3) is 0.167. The number of nitrogens with zero attached hydrogens (tertiary/aromatic N) is 1. The van der Waals surface area contributed by atoms with Crippen molar-refractivity contribution in [3.63, 3.8) is 0 Å².